The fraction of sp³-hybridized carbons (Fsp3) is 0.417. The molecule has 10 heteroatoms. The lowest BCUT2D eigenvalue weighted by atomic mass is 10.2. The largest absolute Gasteiger partial charge is 0.368 e. The van der Waals surface area contributed by atoms with Crippen LogP contribution in [0.15, 0.2) is 35.4 Å². The first kappa shape index (κ1) is 24.2. The van der Waals surface area contributed by atoms with Gasteiger partial charge in [-0.05, 0) is 44.5 Å². The number of fused-ring (bicyclic) bond motifs is 1. The first-order valence-corrected chi connectivity index (χ1v) is 12.6. The highest BCUT2D eigenvalue weighted by Gasteiger charge is 2.27. The number of nitrogens with zero attached hydrogens (tertiary/aromatic N) is 5. The fourth-order valence-electron chi connectivity index (χ4n) is 4.28. The van der Waals surface area contributed by atoms with E-state index in [0.29, 0.717) is 64.9 Å². The zero-order valence-corrected chi connectivity index (χ0v) is 21.2. The second kappa shape index (κ2) is 10.1. The summed E-state index contributed by atoms with van der Waals surface area (Å²) in [5.41, 5.74) is 1.38. The van der Waals surface area contributed by atoms with Gasteiger partial charge in [0, 0.05) is 50.0 Å². The molecule has 1 aliphatic heterocycles. The van der Waals surface area contributed by atoms with Crippen molar-refractivity contribution in [3.63, 3.8) is 0 Å². The maximum Gasteiger partial charge on any atom is 0.264 e. The molecule has 2 amide bonds. The zero-order valence-electron chi connectivity index (χ0n) is 19.6. The quantitative estimate of drug-likeness (QED) is 0.518. The number of halogens is 1. The smallest absolute Gasteiger partial charge is 0.264 e. The summed E-state index contributed by atoms with van der Waals surface area (Å²) in [5, 5.41) is 1.11. The van der Waals surface area contributed by atoms with Crippen LogP contribution in [0.4, 0.5) is 5.69 Å². The number of carbonyl (C=O) groups is 2. The highest BCUT2D eigenvalue weighted by atomic mass is 35.5. The molecular weight excluding hydrogens is 474 g/mol. The lowest BCUT2D eigenvalue weighted by molar-refractivity contribution is -0.131. The van der Waals surface area contributed by atoms with Crippen LogP contribution in [0.1, 0.15) is 29.1 Å². The number of amides is 2. The van der Waals surface area contributed by atoms with Crippen molar-refractivity contribution >= 4 is 50.7 Å². The molecule has 0 bridgehead atoms. The maximum absolute atomic E-state index is 13.3. The maximum atomic E-state index is 13.3. The third kappa shape index (κ3) is 4.67. The molecular formula is C24H28ClN5O3S. The van der Waals surface area contributed by atoms with Crippen LogP contribution in [0, 0.1) is 6.92 Å². The van der Waals surface area contributed by atoms with Crippen molar-refractivity contribution in [2.45, 2.75) is 27.3 Å². The highest BCUT2D eigenvalue weighted by molar-refractivity contribution is 7.20. The highest BCUT2D eigenvalue weighted by Crippen LogP contribution is 2.29. The zero-order chi connectivity index (χ0) is 24.4. The van der Waals surface area contributed by atoms with Gasteiger partial charge in [-0.1, -0.05) is 17.7 Å². The molecule has 180 valence electrons. The molecule has 0 unspecified atom stereocenters. The fourth-order valence-corrected chi connectivity index (χ4v) is 5.57. The number of thiophene rings is 1. The molecule has 1 saturated heterocycles. The van der Waals surface area contributed by atoms with E-state index >= 15 is 0 Å². The van der Waals surface area contributed by atoms with Crippen LogP contribution < -0.4 is 10.5 Å². The van der Waals surface area contributed by atoms with Gasteiger partial charge in [-0.25, -0.2) is 4.98 Å². The molecule has 8 nitrogen and oxygen atoms in total. The first-order chi connectivity index (χ1) is 16.3. The number of benzene rings is 1. The molecule has 0 aliphatic carbocycles. The molecule has 0 N–H and O–H groups in total. The predicted octanol–water partition coefficient (Wildman–Crippen LogP) is 3.25. The second-order valence-electron chi connectivity index (χ2n) is 8.24. The van der Waals surface area contributed by atoms with Crippen molar-refractivity contribution < 1.29 is 9.59 Å². The Morgan fingerprint density at radius 3 is 2.50 bits per heavy atom. The number of rotatable bonds is 6. The minimum absolute atomic E-state index is 0.0620. The van der Waals surface area contributed by atoms with Crippen LogP contribution in [0.5, 0.6) is 0 Å². The molecule has 3 heterocycles. The van der Waals surface area contributed by atoms with E-state index < -0.39 is 0 Å². The topological polar surface area (TPSA) is 78.8 Å². The van der Waals surface area contributed by atoms with Crippen LogP contribution in [0.3, 0.4) is 0 Å². The summed E-state index contributed by atoms with van der Waals surface area (Å²) in [6, 6.07) is 7.71. The van der Waals surface area contributed by atoms with E-state index in [1.807, 2.05) is 43.0 Å². The summed E-state index contributed by atoms with van der Waals surface area (Å²) in [6.45, 7) is 9.26. The average Bonchev–Trinajstić information content (AvgIpc) is 3.18. The Hall–Kier alpha value is -2.91. The number of carbonyl (C=O) groups excluding carboxylic acids is 2. The van der Waals surface area contributed by atoms with Gasteiger partial charge in [0.05, 0.1) is 16.6 Å². The Balaban J connectivity index is 1.53. The van der Waals surface area contributed by atoms with Crippen LogP contribution in [-0.4, -0.2) is 70.4 Å². The summed E-state index contributed by atoms with van der Waals surface area (Å²) >= 11 is 7.36. The summed E-state index contributed by atoms with van der Waals surface area (Å²) in [7, 11) is 0. The Bertz CT molecular complexity index is 1280. The summed E-state index contributed by atoms with van der Waals surface area (Å²) < 4.78 is 1.33. The molecule has 1 aromatic carbocycles. The van der Waals surface area contributed by atoms with E-state index in [9.17, 15) is 14.4 Å². The van der Waals surface area contributed by atoms with Gasteiger partial charge in [0.1, 0.15) is 11.4 Å². The van der Waals surface area contributed by atoms with E-state index in [2.05, 4.69) is 9.88 Å². The number of likely N-dealkylation sites (N-methyl/N-ethyl adjacent to an activating group) is 1. The minimum Gasteiger partial charge on any atom is -0.368 e. The van der Waals surface area contributed by atoms with Gasteiger partial charge in [-0.3, -0.25) is 19.0 Å². The van der Waals surface area contributed by atoms with Gasteiger partial charge in [0.25, 0.3) is 11.5 Å². The average molecular weight is 502 g/mol. The van der Waals surface area contributed by atoms with Gasteiger partial charge in [-0.15, -0.1) is 11.3 Å². The summed E-state index contributed by atoms with van der Waals surface area (Å²) in [4.78, 5) is 50.1. The van der Waals surface area contributed by atoms with Crippen molar-refractivity contribution in [3.8, 4) is 0 Å². The van der Waals surface area contributed by atoms with Crippen molar-refractivity contribution in [1.82, 2.24) is 19.4 Å². The van der Waals surface area contributed by atoms with E-state index in [1.165, 1.54) is 22.2 Å². The molecule has 1 fully saturated rings. The van der Waals surface area contributed by atoms with E-state index in [0.717, 1.165) is 5.69 Å². The van der Waals surface area contributed by atoms with Gasteiger partial charge in [0.2, 0.25) is 5.91 Å². The van der Waals surface area contributed by atoms with Crippen molar-refractivity contribution in [2.75, 3.05) is 44.2 Å². The number of piperazine rings is 1. The standard InChI is InChI=1S/C24H28ClN5O3S/c1-4-27(5-2)19(31)14-30-15-26-22-20(23(30)32)16(3)21(34-22)24(33)29-11-9-28(10-12-29)18-8-6-7-17(25)13-18/h6-8,13,15H,4-5,9-12,14H2,1-3H3. The second-order valence-corrected chi connectivity index (χ2v) is 9.67. The van der Waals surface area contributed by atoms with E-state index in [1.54, 1.807) is 11.8 Å². The summed E-state index contributed by atoms with van der Waals surface area (Å²) in [6.07, 6.45) is 1.40. The lowest BCUT2D eigenvalue weighted by Gasteiger charge is -2.36. The molecule has 0 radical (unpaired) electrons. The van der Waals surface area contributed by atoms with Gasteiger partial charge in [0.15, 0.2) is 0 Å². The van der Waals surface area contributed by atoms with Gasteiger partial charge in [-0.2, -0.15) is 0 Å². The third-order valence-electron chi connectivity index (χ3n) is 6.27. The molecule has 34 heavy (non-hydrogen) atoms. The molecule has 0 spiro atoms. The molecule has 1 aliphatic rings. The third-order valence-corrected chi connectivity index (χ3v) is 7.70. The Kier molecular flexibility index (Phi) is 7.23. The lowest BCUT2D eigenvalue weighted by Crippen LogP contribution is -2.48. The van der Waals surface area contributed by atoms with Crippen LogP contribution >= 0.6 is 22.9 Å². The first-order valence-electron chi connectivity index (χ1n) is 11.4. The monoisotopic (exact) mass is 501 g/mol. The SMILES string of the molecule is CCN(CC)C(=O)Cn1cnc2sc(C(=O)N3CCN(c4cccc(Cl)c4)CC3)c(C)c2c1=O. The number of hydrogen-bond donors (Lipinski definition) is 0. The van der Waals surface area contributed by atoms with Crippen LogP contribution in [0.2, 0.25) is 5.02 Å². The van der Waals surface area contributed by atoms with Gasteiger partial charge < -0.3 is 14.7 Å². The predicted molar refractivity (Wildman–Crippen MR) is 136 cm³/mol. The molecule has 0 saturated carbocycles. The Morgan fingerprint density at radius 1 is 1.15 bits per heavy atom. The number of anilines is 1. The minimum atomic E-state index is -0.288. The molecule has 0 atom stereocenters. The Labute approximate surface area is 207 Å². The van der Waals surface area contributed by atoms with Crippen LogP contribution in [-0.2, 0) is 11.3 Å². The number of aryl methyl sites for hydroxylation is 1. The molecule has 2 aromatic heterocycles. The Morgan fingerprint density at radius 2 is 1.85 bits per heavy atom. The molecule has 4 rings (SSSR count). The molecule has 3 aromatic rings. The van der Waals surface area contributed by atoms with Gasteiger partial charge >= 0.3 is 0 Å². The normalized spacial score (nSPS) is 14.0. The van der Waals surface area contributed by atoms with Crippen molar-refractivity contribution in [1.29, 1.82) is 0 Å². The van der Waals surface area contributed by atoms with Crippen molar-refractivity contribution in [3.05, 3.63) is 56.4 Å². The summed E-state index contributed by atoms with van der Waals surface area (Å²) in [5.74, 6) is -0.216. The number of hydrogen-bond acceptors (Lipinski definition) is 6. The number of aromatic nitrogens is 2. The van der Waals surface area contributed by atoms with E-state index in [4.69, 9.17) is 11.6 Å². The van der Waals surface area contributed by atoms with Crippen molar-refractivity contribution in [2.24, 2.45) is 0 Å². The van der Waals surface area contributed by atoms with Crippen LogP contribution in [0.25, 0.3) is 10.2 Å². The van der Waals surface area contributed by atoms with E-state index in [-0.39, 0.29) is 23.9 Å².